The molecule has 0 aliphatic heterocycles. The first-order chi connectivity index (χ1) is 9.27. The van der Waals surface area contributed by atoms with Crippen LogP contribution in [0.5, 0.6) is 0 Å². The lowest BCUT2D eigenvalue weighted by Crippen LogP contribution is -2.44. The van der Waals surface area contributed by atoms with E-state index in [0.717, 1.165) is 12.1 Å². The molecule has 0 bridgehead atoms. The lowest BCUT2D eigenvalue weighted by molar-refractivity contribution is 0.0674. The summed E-state index contributed by atoms with van der Waals surface area (Å²) in [5, 5.41) is 0. The van der Waals surface area contributed by atoms with Crippen molar-refractivity contribution in [2.24, 2.45) is 0 Å². The van der Waals surface area contributed by atoms with Crippen LogP contribution in [0.4, 0.5) is 14.5 Å². The van der Waals surface area contributed by atoms with Gasteiger partial charge in [-0.3, -0.25) is 4.79 Å². The van der Waals surface area contributed by atoms with E-state index in [1.54, 1.807) is 6.92 Å². The van der Waals surface area contributed by atoms with Crippen molar-refractivity contribution in [1.29, 1.82) is 0 Å². The predicted octanol–water partition coefficient (Wildman–Crippen LogP) is 1.96. The second kappa shape index (κ2) is 6.65. The molecule has 20 heavy (non-hydrogen) atoms. The van der Waals surface area contributed by atoms with Gasteiger partial charge in [-0.05, 0) is 40.1 Å². The van der Waals surface area contributed by atoms with Gasteiger partial charge in [0.15, 0.2) is 5.82 Å². The number of hydrogen-bond donors (Lipinski definition) is 1. The van der Waals surface area contributed by atoms with Crippen LogP contribution >= 0.6 is 0 Å². The number of benzene rings is 1. The summed E-state index contributed by atoms with van der Waals surface area (Å²) < 4.78 is 27.2. The van der Waals surface area contributed by atoms with Crippen LogP contribution in [0.3, 0.4) is 0 Å². The maximum absolute atomic E-state index is 13.9. The zero-order chi connectivity index (χ0) is 15.4. The van der Waals surface area contributed by atoms with E-state index >= 15 is 0 Å². The summed E-state index contributed by atoms with van der Waals surface area (Å²) in [7, 11) is 3.77. The number of rotatable bonds is 5. The van der Waals surface area contributed by atoms with Crippen LogP contribution < -0.4 is 5.73 Å². The molecule has 0 radical (unpaired) electrons. The second-order valence-electron chi connectivity index (χ2n) is 5.06. The Morgan fingerprint density at radius 2 is 1.95 bits per heavy atom. The molecule has 1 aromatic rings. The van der Waals surface area contributed by atoms with Gasteiger partial charge in [-0.15, -0.1) is 0 Å². The van der Waals surface area contributed by atoms with Gasteiger partial charge in [0, 0.05) is 19.1 Å². The number of halogens is 2. The molecule has 0 spiro atoms. The highest BCUT2D eigenvalue weighted by atomic mass is 19.1. The minimum Gasteiger partial charge on any atom is -0.396 e. The number of nitrogen functional groups attached to an aromatic ring is 1. The largest absolute Gasteiger partial charge is 0.396 e. The van der Waals surface area contributed by atoms with Crippen molar-refractivity contribution >= 4 is 11.6 Å². The minimum absolute atomic E-state index is 0.119. The Hall–Kier alpha value is -1.69. The van der Waals surface area contributed by atoms with E-state index in [-0.39, 0.29) is 17.3 Å². The number of likely N-dealkylation sites (N-methyl/N-ethyl adjacent to an activating group) is 2. The van der Waals surface area contributed by atoms with Gasteiger partial charge < -0.3 is 15.5 Å². The molecule has 6 heteroatoms. The van der Waals surface area contributed by atoms with Crippen LogP contribution in [0.2, 0.25) is 0 Å². The van der Waals surface area contributed by atoms with Gasteiger partial charge in [0.05, 0.1) is 11.3 Å². The predicted molar refractivity (Wildman–Crippen MR) is 75.5 cm³/mol. The summed E-state index contributed by atoms with van der Waals surface area (Å²) in [5.41, 5.74) is 4.68. The molecule has 4 nitrogen and oxygen atoms in total. The molecule has 0 saturated carbocycles. The highest BCUT2D eigenvalue weighted by molar-refractivity contribution is 5.95. The summed E-state index contributed by atoms with van der Waals surface area (Å²) in [5.74, 6) is -2.14. The zero-order valence-corrected chi connectivity index (χ0v) is 12.3. The summed E-state index contributed by atoms with van der Waals surface area (Å²) >= 11 is 0. The van der Waals surface area contributed by atoms with Crippen LogP contribution in [-0.2, 0) is 0 Å². The number of hydrogen-bond acceptors (Lipinski definition) is 3. The van der Waals surface area contributed by atoms with Gasteiger partial charge in [-0.1, -0.05) is 0 Å². The third-order valence-electron chi connectivity index (χ3n) is 3.06. The van der Waals surface area contributed by atoms with Crippen LogP contribution in [-0.4, -0.2) is 48.9 Å². The fraction of sp³-hybridized carbons (Fsp3) is 0.500. The number of nitrogens with zero attached hydrogens (tertiary/aromatic N) is 2. The first kappa shape index (κ1) is 16.4. The number of carbonyl (C=O) groups excluding carboxylic acids is 1. The Labute approximate surface area is 118 Å². The van der Waals surface area contributed by atoms with Gasteiger partial charge >= 0.3 is 0 Å². The van der Waals surface area contributed by atoms with Gasteiger partial charge in [0.25, 0.3) is 5.91 Å². The monoisotopic (exact) mass is 285 g/mol. The molecular formula is C14H21F2N3O. The van der Waals surface area contributed by atoms with Crippen molar-refractivity contribution in [1.82, 2.24) is 9.80 Å². The molecule has 0 aliphatic carbocycles. The van der Waals surface area contributed by atoms with Crippen molar-refractivity contribution in [3.05, 3.63) is 29.3 Å². The third kappa shape index (κ3) is 3.66. The van der Waals surface area contributed by atoms with E-state index in [0.29, 0.717) is 13.1 Å². The lowest BCUT2D eigenvalue weighted by atomic mass is 10.1. The van der Waals surface area contributed by atoms with Gasteiger partial charge in [0.1, 0.15) is 5.82 Å². The average molecular weight is 285 g/mol. The van der Waals surface area contributed by atoms with Crippen LogP contribution in [0.15, 0.2) is 12.1 Å². The molecule has 1 aromatic carbocycles. The average Bonchev–Trinajstić information content (AvgIpc) is 2.33. The quantitative estimate of drug-likeness (QED) is 0.841. The Balaban J connectivity index is 3.08. The molecule has 0 fully saturated rings. The van der Waals surface area contributed by atoms with Gasteiger partial charge in [0.2, 0.25) is 0 Å². The molecule has 0 saturated heterocycles. The van der Waals surface area contributed by atoms with Crippen LogP contribution in [0.25, 0.3) is 0 Å². The fourth-order valence-electron chi connectivity index (χ4n) is 2.20. The Morgan fingerprint density at radius 3 is 2.45 bits per heavy atom. The third-order valence-corrected chi connectivity index (χ3v) is 3.06. The molecule has 2 N–H and O–H groups in total. The molecule has 0 aromatic heterocycles. The van der Waals surface area contributed by atoms with Crippen molar-refractivity contribution < 1.29 is 13.6 Å². The first-order valence-electron chi connectivity index (χ1n) is 6.48. The first-order valence-corrected chi connectivity index (χ1v) is 6.48. The molecule has 0 heterocycles. The van der Waals surface area contributed by atoms with Gasteiger partial charge in [-0.25, -0.2) is 8.78 Å². The Morgan fingerprint density at radius 1 is 1.35 bits per heavy atom. The topological polar surface area (TPSA) is 49.6 Å². The summed E-state index contributed by atoms with van der Waals surface area (Å²) in [4.78, 5) is 15.8. The Bertz CT molecular complexity index is 492. The van der Waals surface area contributed by atoms with Crippen LogP contribution in [0, 0.1) is 11.6 Å². The van der Waals surface area contributed by atoms with Crippen molar-refractivity contribution in [2.75, 3.05) is 32.9 Å². The summed E-state index contributed by atoms with van der Waals surface area (Å²) in [6.07, 6.45) is 0. The smallest absolute Gasteiger partial charge is 0.257 e. The molecule has 1 atom stereocenters. The number of nitrogens with two attached hydrogens (primary N) is 1. The highest BCUT2D eigenvalue weighted by Gasteiger charge is 2.24. The zero-order valence-electron chi connectivity index (χ0n) is 12.3. The van der Waals surface area contributed by atoms with E-state index in [4.69, 9.17) is 5.73 Å². The second-order valence-corrected chi connectivity index (χ2v) is 5.06. The van der Waals surface area contributed by atoms with Crippen molar-refractivity contribution in [3.63, 3.8) is 0 Å². The summed E-state index contributed by atoms with van der Waals surface area (Å²) in [6, 6.07) is 1.64. The highest BCUT2D eigenvalue weighted by Crippen LogP contribution is 2.20. The SMILES string of the molecule is CCN(C(=O)c1cc(F)cc(N)c1F)C(C)CN(C)C. The van der Waals surface area contributed by atoms with E-state index in [2.05, 4.69) is 0 Å². The molecule has 1 unspecified atom stereocenters. The Kier molecular flexibility index (Phi) is 5.44. The normalized spacial score (nSPS) is 12.6. The van der Waals surface area contributed by atoms with Gasteiger partial charge in [-0.2, -0.15) is 0 Å². The molecule has 1 rings (SSSR count). The van der Waals surface area contributed by atoms with E-state index in [1.807, 2.05) is 25.9 Å². The standard InChI is InChI=1S/C14H21F2N3O/c1-5-19(9(2)8-18(3)4)14(20)11-6-10(15)7-12(17)13(11)16/h6-7,9H,5,8,17H2,1-4H3. The van der Waals surface area contributed by atoms with Crippen LogP contribution in [0.1, 0.15) is 24.2 Å². The molecule has 112 valence electrons. The lowest BCUT2D eigenvalue weighted by Gasteiger charge is -2.30. The molecular weight excluding hydrogens is 264 g/mol. The molecule has 0 aliphatic rings. The van der Waals surface area contributed by atoms with E-state index in [9.17, 15) is 13.6 Å². The fourth-order valence-corrected chi connectivity index (χ4v) is 2.20. The van der Waals surface area contributed by atoms with E-state index in [1.165, 1.54) is 4.90 Å². The maximum Gasteiger partial charge on any atom is 0.257 e. The number of anilines is 1. The van der Waals surface area contributed by atoms with E-state index < -0.39 is 17.5 Å². The van der Waals surface area contributed by atoms with Crippen molar-refractivity contribution in [2.45, 2.75) is 19.9 Å². The minimum atomic E-state index is -0.869. The van der Waals surface area contributed by atoms with Crippen molar-refractivity contribution in [3.8, 4) is 0 Å². The maximum atomic E-state index is 13.9. The summed E-state index contributed by atoms with van der Waals surface area (Å²) in [6.45, 7) is 4.70. The molecule has 1 amide bonds. The number of carbonyl (C=O) groups is 1. The number of amides is 1.